The maximum absolute atomic E-state index is 13.1. The number of fused-ring (bicyclic) bond motifs is 1. The van der Waals surface area contributed by atoms with Crippen molar-refractivity contribution in [2.45, 2.75) is 0 Å². The number of H-pyrrole nitrogens is 1. The van der Waals surface area contributed by atoms with Crippen molar-refractivity contribution in [1.82, 2.24) is 4.98 Å². The Morgan fingerprint density at radius 2 is 2.25 bits per heavy atom. The lowest BCUT2D eigenvalue weighted by atomic mass is 10.2. The zero-order chi connectivity index (χ0) is 8.72. The van der Waals surface area contributed by atoms with E-state index in [1.54, 1.807) is 12.3 Å². The van der Waals surface area contributed by atoms with Crippen molar-refractivity contribution in [2.24, 2.45) is 0 Å². The van der Waals surface area contributed by atoms with Crippen molar-refractivity contribution in [3.05, 3.63) is 28.6 Å². The van der Waals surface area contributed by atoms with Crippen LogP contribution >= 0.6 is 15.9 Å². The van der Waals surface area contributed by atoms with Crippen molar-refractivity contribution in [2.75, 3.05) is 0 Å². The van der Waals surface area contributed by atoms with Crippen molar-refractivity contribution in [3.8, 4) is 5.75 Å². The highest BCUT2D eigenvalue weighted by molar-refractivity contribution is 9.10. The zero-order valence-electron chi connectivity index (χ0n) is 5.94. The first-order chi connectivity index (χ1) is 5.70. The molecule has 1 aromatic carbocycles. The summed E-state index contributed by atoms with van der Waals surface area (Å²) in [6.45, 7) is 0. The van der Waals surface area contributed by atoms with E-state index in [4.69, 9.17) is 0 Å². The van der Waals surface area contributed by atoms with Gasteiger partial charge in [0.2, 0.25) is 0 Å². The van der Waals surface area contributed by atoms with Crippen LogP contribution in [0, 0.1) is 5.82 Å². The molecular weight excluding hydrogens is 225 g/mol. The number of phenols is 1. The van der Waals surface area contributed by atoms with Gasteiger partial charge in [-0.2, -0.15) is 0 Å². The third-order valence-corrected chi connectivity index (χ3v) is 2.33. The summed E-state index contributed by atoms with van der Waals surface area (Å²) in [7, 11) is 0. The first kappa shape index (κ1) is 7.61. The fraction of sp³-hybridized carbons (Fsp3) is 0. The minimum absolute atomic E-state index is 0.0626. The second kappa shape index (κ2) is 2.48. The van der Waals surface area contributed by atoms with Gasteiger partial charge in [-0.25, -0.2) is 4.39 Å². The highest BCUT2D eigenvalue weighted by atomic mass is 79.9. The largest absolute Gasteiger partial charge is 0.506 e. The summed E-state index contributed by atoms with van der Waals surface area (Å²) < 4.78 is 13.5. The molecule has 2 aromatic rings. The molecule has 0 saturated carbocycles. The highest BCUT2D eigenvalue weighted by Crippen LogP contribution is 2.33. The molecule has 2 N–H and O–H groups in total. The van der Waals surface area contributed by atoms with E-state index < -0.39 is 0 Å². The van der Waals surface area contributed by atoms with Crippen molar-refractivity contribution in [1.29, 1.82) is 0 Å². The van der Waals surface area contributed by atoms with Gasteiger partial charge in [-0.15, -0.1) is 0 Å². The van der Waals surface area contributed by atoms with Gasteiger partial charge in [0.1, 0.15) is 11.6 Å². The Morgan fingerprint density at radius 1 is 1.50 bits per heavy atom. The molecule has 0 unspecified atom stereocenters. The fourth-order valence-electron chi connectivity index (χ4n) is 1.14. The van der Waals surface area contributed by atoms with Crippen LogP contribution < -0.4 is 0 Å². The number of halogens is 2. The summed E-state index contributed by atoms with van der Waals surface area (Å²) >= 11 is 3.05. The third kappa shape index (κ3) is 0.914. The van der Waals surface area contributed by atoms with E-state index in [2.05, 4.69) is 20.9 Å². The zero-order valence-corrected chi connectivity index (χ0v) is 7.52. The highest BCUT2D eigenvalue weighted by Gasteiger charge is 2.09. The smallest absolute Gasteiger partial charge is 0.148 e. The second-order valence-electron chi connectivity index (χ2n) is 2.46. The molecule has 0 aliphatic carbocycles. The average Bonchev–Trinajstić information content (AvgIpc) is 2.48. The van der Waals surface area contributed by atoms with E-state index in [9.17, 15) is 9.50 Å². The number of rotatable bonds is 0. The quantitative estimate of drug-likeness (QED) is 0.717. The number of aromatic amines is 1. The molecule has 0 spiro atoms. The summed E-state index contributed by atoms with van der Waals surface area (Å²) in [6, 6.07) is 2.85. The van der Waals surface area contributed by atoms with Crippen LogP contribution in [-0.2, 0) is 0 Å². The van der Waals surface area contributed by atoms with Crippen LogP contribution in [-0.4, -0.2) is 10.1 Å². The van der Waals surface area contributed by atoms with Gasteiger partial charge in [0.25, 0.3) is 0 Å². The number of phenolic OH excluding ortho intramolecular Hbond substituents is 1. The lowest BCUT2D eigenvalue weighted by Gasteiger charge is -1.99. The van der Waals surface area contributed by atoms with E-state index in [1.807, 2.05) is 0 Å². The molecule has 2 nitrogen and oxygen atoms in total. The predicted octanol–water partition coefficient (Wildman–Crippen LogP) is 2.78. The fourth-order valence-corrected chi connectivity index (χ4v) is 1.56. The summed E-state index contributed by atoms with van der Waals surface area (Å²) in [5, 5.41) is 9.93. The van der Waals surface area contributed by atoms with Gasteiger partial charge in [0, 0.05) is 11.6 Å². The van der Waals surface area contributed by atoms with Crippen LogP contribution in [0.25, 0.3) is 10.9 Å². The minimum Gasteiger partial charge on any atom is -0.506 e. The van der Waals surface area contributed by atoms with Crippen LogP contribution in [0.15, 0.2) is 22.8 Å². The lowest BCUT2D eigenvalue weighted by molar-refractivity contribution is 0.477. The Balaban J connectivity index is 2.97. The molecule has 0 atom stereocenters. The van der Waals surface area contributed by atoms with Crippen molar-refractivity contribution >= 4 is 26.8 Å². The Hall–Kier alpha value is -1.03. The number of aromatic nitrogens is 1. The molecule has 0 aliphatic rings. The second-order valence-corrected chi connectivity index (χ2v) is 3.31. The van der Waals surface area contributed by atoms with Gasteiger partial charge in [0.05, 0.1) is 9.99 Å². The topological polar surface area (TPSA) is 36.0 Å². The van der Waals surface area contributed by atoms with Crippen LogP contribution in [0.2, 0.25) is 0 Å². The molecular formula is C8H5BrFNO. The van der Waals surface area contributed by atoms with E-state index in [0.717, 1.165) is 0 Å². The molecule has 2 rings (SSSR count). The van der Waals surface area contributed by atoms with Crippen LogP contribution in [0.5, 0.6) is 5.75 Å². The molecule has 0 radical (unpaired) electrons. The van der Waals surface area contributed by atoms with Gasteiger partial charge in [-0.05, 0) is 28.1 Å². The van der Waals surface area contributed by atoms with Crippen LogP contribution in [0.3, 0.4) is 0 Å². The Kier molecular flexibility index (Phi) is 1.58. The van der Waals surface area contributed by atoms with Crippen LogP contribution in [0.4, 0.5) is 4.39 Å². The first-order valence-corrected chi connectivity index (χ1v) is 4.13. The molecule has 12 heavy (non-hydrogen) atoms. The van der Waals surface area contributed by atoms with Gasteiger partial charge in [0.15, 0.2) is 0 Å². The maximum Gasteiger partial charge on any atom is 0.148 e. The minimum atomic E-state index is -0.375. The summed E-state index contributed by atoms with van der Waals surface area (Å²) in [5.74, 6) is -0.313. The Bertz CT molecular complexity index is 438. The Labute approximate surface area is 76.1 Å². The maximum atomic E-state index is 13.1. The van der Waals surface area contributed by atoms with E-state index >= 15 is 0 Å². The molecule has 0 aliphatic heterocycles. The molecule has 1 heterocycles. The van der Waals surface area contributed by atoms with Gasteiger partial charge in [-0.3, -0.25) is 0 Å². The summed E-state index contributed by atoms with van der Waals surface area (Å²) in [5.41, 5.74) is 0.329. The number of hydrogen-bond acceptors (Lipinski definition) is 1. The third-order valence-electron chi connectivity index (χ3n) is 1.72. The molecule has 0 fully saturated rings. The monoisotopic (exact) mass is 229 g/mol. The lowest BCUT2D eigenvalue weighted by Crippen LogP contribution is -1.79. The Morgan fingerprint density at radius 3 is 3.00 bits per heavy atom. The molecule has 1 aromatic heterocycles. The van der Waals surface area contributed by atoms with E-state index in [-0.39, 0.29) is 11.6 Å². The number of aromatic hydroxyl groups is 1. The first-order valence-electron chi connectivity index (χ1n) is 3.34. The average molecular weight is 230 g/mol. The van der Waals surface area contributed by atoms with Crippen molar-refractivity contribution < 1.29 is 9.50 Å². The molecule has 0 amide bonds. The van der Waals surface area contributed by atoms with Gasteiger partial charge >= 0.3 is 0 Å². The van der Waals surface area contributed by atoms with Crippen LogP contribution in [0.1, 0.15) is 0 Å². The predicted molar refractivity (Wildman–Crippen MR) is 47.6 cm³/mol. The van der Waals surface area contributed by atoms with Gasteiger partial charge < -0.3 is 10.1 Å². The van der Waals surface area contributed by atoms with E-state index in [0.29, 0.717) is 15.4 Å². The number of nitrogens with one attached hydrogen (secondary N) is 1. The van der Waals surface area contributed by atoms with Crippen molar-refractivity contribution in [3.63, 3.8) is 0 Å². The summed E-state index contributed by atoms with van der Waals surface area (Å²) in [4.78, 5) is 2.70. The number of hydrogen-bond donors (Lipinski definition) is 2. The molecule has 62 valence electrons. The molecule has 0 saturated heterocycles. The normalized spacial score (nSPS) is 10.8. The molecule has 4 heteroatoms. The number of benzene rings is 1. The van der Waals surface area contributed by atoms with Gasteiger partial charge in [-0.1, -0.05) is 0 Å². The molecule has 0 bridgehead atoms. The summed E-state index contributed by atoms with van der Waals surface area (Å²) in [6.07, 6.45) is 1.58. The van der Waals surface area contributed by atoms with E-state index in [1.165, 1.54) is 6.07 Å². The standard InChI is InChI=1S/C8H5BrFNO/c9-5-3-6(10)7-4(8(5)12)1-2-11-7/h1-3,11-12H. The SMILES string of the molecule is Oc1c(Br)cc(F)c2[nH]ccc12.